The summed E-state index contributed by atoms with van der Waals surface area (Å²) in [5.41, 5.74) is 6.78. The summed E-state index contributed by atoms with van der Waals surface area (Å²) in [5.74, 6) is 1.84. The largest absolute Gasteiger partial charge is 0.494 e. The summed E-state index contributed by atoms with van der Waals surface area (Å²) in [6.07, 6.45) is 2.88. The third-order valence-corrected chi connectivity index (χ3v) is 3.18. The Bertz CT molecular complexity index is 496. The van der Waals surface area contributed by atoms with Gasteiger partial charge in [-0.15, -0.1) is 0 Å². The van der Waals surface area contributed by atoms with Crippen molar-refractivity contribution >= 4 is 0 Å². The van der Waals surface area contributed by atoms with Crippen molar-refractivity contribution < 1.29 is 9.47 Å². The Morgan fingerprint density at radius 3 is 1.86 bits per heavy atom. The zero-order valence-corrected chi connectivity index (χ0v) is 12.3. The first-order chi connectivity index (χ1) is 10.4. The molecule has 2 aromatic rings. The molecular weight excluding hydrogens is 262 g/mol. The van der Waals surface area contributed by atoms with Crippen LogP contribution in [0.1, 0.15) is 18.4 Å². The van der Waals surface area contributed by atoms with Gasteiger partial charge in [0, 0.05) is 0 Å². The van der Waals surface area contributed by atoms with Gasteiger partial charge in [0.2, 0.25) is 0 Å². The second kappa shape index (κ2) is 9.03. The van der Waals surface area contributed by atoms with Gasteiger partial charge in [-0.1, -0.05) is 30.3 Å². The number of benzene rings is 2. The zero-order chi connectivity index (χ0) is 14.8. The number of para-hydroxylation sites is 1. The number of unbranched alkanes of at least 4 members (excludes halogenated alkanes) is 1. The van der Waals surface area contributed by atoms with E-state index in [9.17, 15) is 0 Å². The highest BCUT2D eigenvalue weighted by atomic mass is 16.5. The lowest BCUT2D eigenvalue weighted by Crippen LogP contribution is -2.03. The summed E-state index contributed by atoms with van der Waals surface area (Å²) < 4.78 is 11.3. The molecule has 0 aromatic heterocycles. The van der Waals surface area contributed by atoms with E-state index >= 15 is 0 Å². The van der Waals surface area contributed by atoms with E-state index in [-0.39, 0.29) is 0 Å². The summed E-state index contributed by atoms with van der Waals surface area (Å²) in [7, 11) is 0. The van der Waals surface area contributed by atoms with Crippen molar-refractivity contribution in [2.45, 2.75) is 19.3 Å². The highest BCUT2D eigenvalue weighted by Crippen LogP contribution is 2.13. The molecule has 2 N–H and O–H groups in total. The van der Waals surface area contributed by atoms with E-state index in [1.54, 1.807) is 0 Å². The first-order valence-electron chi connectivity index (χ1n) is 7.48. The minimum absolute atomic E-state index is 0.682. The lowest BCUT2D eigenvalue weighted by atomic mass is 10.1. The molecule has 112 valence electrons. The molecule has 0 aliphatic heterocycles. The maximum absolute atomic E-state index is 5.70. The van der Waals surface area contributed by atoms with Crippen LogP contribution < -0.4 is 15.2 Å². The fraction of sp³-hybridized carbons (Fsp3) is 0.333. The van der Waals surface area contributed by atoms with Gasteiger partial charge >= 0.3 is 0 Å². The Morgan fingerprint density at radius 2 is 1.29 bits per heavy atom. The Morgan fingerprint density at radius 1 is 0.714 bits per heavy atom. The maximum atomic E-state index is 5.70. The predicted octanol–water partition coefficient (Wildman–Crippen LogP) is 3.43. The highest BCUT2D eigenvalue weighted by Gasteiger charge is 1.96. The monoisotopic (exact) mass is 285 g/mol. The predicted molar refractivity (Wildman–Crippen MR) is 85.9 cm³/mol. The zero-order valence-electron chi connectivity index (χ0n) is 12.3. The third-order valence-electron chi connectivity index (χ3n) is 3.18. The molecule has 0 spiro atoms. The Kier molecular flexibility index (Phi) is 6.62. The molecule has 0 heterocycles. The van der Waals surface area contributed by atoms with E-state index in [2.05, 4.69) is 12.1 Å². The normalized spacial score (nSPS) is 10.3. The standard InChI is InChI=1S/C18H23NO2/c19-13-12-16-8-10-18(11-9-16)21-15-5-4-14-20-17-6-2-1-3-7-17/h1-3,6-11H,4-5,12-15,19H2. The van der Waals surface area contributed by atoms with E-state index in [4.69, 9.17) is 15.2 Å². The number of hydrogen-bond acceptors (Lipinski definition) is 3. The van der Waals surface area contributed by atoms with Crippen molar-refractivity contribution in [1.29, 1.82) is 0 Å². The Balaban J connectivity index is 1.57. The van der Waals surface area contributed by atoms with Gasteiger partial charge in [-0.3, -0.25) is 0 Å². The third kappa shape index (κ3) is 5.88. The molecule has 2 rings (SSSR count). The first kappa shape index (κ1) is 15.4. The van der Waals surface area contributed by atoms with Crippen LogP contribution in [0.2, 0.25) is 0 Å². The summed E-state index contributed by atoms with van der Waals surface area (Å²) in [5, 5.41) is 0. The molecule has 0 aliphatic rings. The fourth-order valence-corrected chi connectivity index (χ4v) is 2.02. The van der Waals surface area contributed by atoms with E-state index in [0.717, 1.165) is 37.4 Å². The molecule has 2 aromatic carbocycles. The molecule has 0 radical (unpaired) electrons. The van der Waals surface area contributed by atoms with Gasteiger partial charge in [-0.25, -0.2) is 0 Å². The average molecular weight is 285 g/mol. The van der Waals surface area contributed by atoms with Crippen LogP contribution in [-0.4, -0.2) is 19.8 Å². The van der Waals surface area contributed by atoms with Gasteiger partial charge in [0.1, 0.15) is 11.5 Å². The van der Waals surface area contributed by atoms with Gasteiger partial charge in [-0.05, 0) is 55.6 Å². The molecule has 0 saturated heterocycles. The van der Waals surface area contributed by atoms with Crippen LogP contribution in [0, 0.1) is 0 Å². The van der Waals surface area contributed by atoms with Gasteiger partial charge in [0.15, 0.2) is 0 Å². The Labute approximate surface area is 126 Å². The van der Waals surface area contributed by atoms with Gasteiger partial charge in [-0.2, -0.15) is 0 Å². The minimum Gasteiger partial charge on any atom is -0.494 e. The number of ether oxygens (including phenoxy) is 2. The molecule has 0 fully saturated rings. The lowest BCUT2D eigenvalue weighted by Gasteiger charge is -2.08. The second-order valence-corrected chi connectivity index (χ2v) is 4.90. The van der Waals surface area contributed by atoms with Crippen molar-refractivity contribution in [3.05, 3.63) is 60.2 Å². The number of rotatable bonds is 9. The maximum Gasteiger partial charge on any atom is 0.119 e. The SMILES string of the molecule is NCCc1ccc(OCCCCOc2ccccc2)cc1. The van der Waals surface area contributed by atoms with Gasteiger partial charge in [0.25, 0.3) is 0 Å². The number of nitrogens with two attached hydrogens (primary N) is 1. The van der Waals surface area contributed by atoms with E-state index in [1.807, 2.05) is 42.5 Å². The molecule has 3 nitrogen and oxygen atoms in total. The van der Waals surface area contributed by atoms with Crippen molar-refractivity contribution in [3.8, 4) is 11.5 Å². The second-order valence-electron chi connectivity index (χ2n) is 4.90. The summed E-state index contributed by atoms with van der Waals surface area (Å²) in [4.78, 5) is 0. The molecule has 0 unspecified atom stereocenters. The van der Waals surface area contributed by atoms with Crippen molar-refractivity contribution in [2.75, 3.05) is 19.8 Å². The van der Waals surface area contributed by atoms with Crippen LogP contribution in [0.3, 0.4) is 0 Å². The molecular formula is C18H23NO2. The quantitative estimate of drug-likeness (QED) is 0.718. The van der Waals surface area contributed by atoms with E-state index < -0.39 is 0 Å². The molecule has 0 atom stereocenters. The Hall–Kier alpha value is -2.00. The average Bonchev–Trinajstić information content (AvgIpc) is 2.53. The van der Waals surface area contributed by atoms with Crippen LogP contribution >= 0.6 is 0 Å². The van der Waals surface area contributed by atoms with Crippen LogP contribution in [-0.2, 0) is 6.42 Å². The van der Waals surface area contributed by atoms with E-state index in [1.165, 1.54) is 5.56 Å². The van der Waals surface area contributed by atoms with Crippen molar-refractivity contribution in [1.82, 2.24) is 0 Å². The minimum atomic E-state index is 0.682. The molecule has 0 amide bonds. The fourth-order valence-electron chi connectivity index (χ4n) is 2.02. The van der Waals surface area contributed by atoms with Crippen molar-refractivity contribution in [3.63, 3.8) is 0 Å². The molecule has 3 heteroatoms. The van der Waals surface area contributed by atoms with Gasteiger partial charge in [0.05, 0.1) is 13.2 Å². The van der Waals surface area contributed by atoms with Crippen LogP contribution in [0.15, 0.2) is 54.6 Å². The van der Waals surface area contributed by atoms with Crippen LogP contribution in [0.5, 0.6) is 11.5 Å². The lowest BCUT2D eigenvalue weighted by molar-refractivity contribution is 0.266. The van der Waals surface area contributed by atoms with Gasteiger partial charge < -0.3 is 15.2 Å². The molecule has 21 heavy (non-hydrogen) atoms. The molecule has 0 saturated carbocycles. The summed E-state index contributed by atoms with van der Waals surface area (Å²) in [6, 6.07) is 18.0. The van der Waals surface area contributed by atoms with Crippen LogP contribution in [0.25, 0.3) is 0 Å². The summed E-state index contributed by atoms with van der Waals surface area (Å²) in [6.45, 7) is 2.12. The van der Waals surface area contributed by atoms with Crippen molar-refractivity contribution in [2.24, 2.45) is 5.73 Å². The highest BCUT2D eigenvalue weighted by molar-refractivity contribution is 5.27. The number of hydrogen-bond donors (Lipinski definition) is 1. The summed E-state index contributed by atoms with van der Waals surface area (Å²) >= 11 is 0. The topological polar surface area (TPSA) is 44.5 Å². The molecule has 0 aliphatic carbocycles. The smallest absolute Gasteiger partial charge is 0.119 e. The molecule has 0 bridgehead atoms. The first-order valence-corrected chi connectivity index (χ1v) is 7.48. The van der Waals surface area contributed by atoms with Crippen LogP contribution in [0.4, 0.5) is 0 Å². The van der Waals surface area contributed by atoms with E-state index in [0.29, 0.717) is 13.2 Å².